The molecule has 2 heterocycles. The number of hydrogen-bond donors (Lipinski definition) is 1. The first-order valence-corrected chi connectivity index (χ1v) is 7.85. The van der Waals surface area contributed by atoms with Crippen LogP contribution in [0.1, 0.15) is 0 Å². The first-order chi connectivity index (χ1) is 11.2. The van der Waals surface area contributed by atoms with E-state index in [1.54, 1.807) is 31.4 Å². The van der Waals surface area contributed by atoms with Gasteiger partial charge in [0.05, 0.1) is 12.9 Å². The van der Waals surface area contributed by atoms with Crippen molar-refractivity contribution in [3.05, 3.63) is 24.3 Å². The molecule has 0 radical (unpaired) electrons. The molecule has 2 aromatic rings. The Labute approximate surface area is 136 Å². The van der Waals surface area contributed by atoms with Crippen LogP contribution in [0.25, 0.3) is 11.5 Å². The number of methoxy groups -OCH3 is 1. The summed E-state index contributed by atoms with van der Waals surface area (Å²) >= 11 is 1.10. The van der Waals surface area contributed by atoms with Gasteiger partial charge in [0.2, 0.25) is 11.8 Å². The Bertz CT molecular complexity index is 716. The van der Waals surface area contributed by atoms with E-state index in [4.69, 9.17) is 9.15 Å². The Morgan fingerprint density at radius 3 is 2.83 bits per heavy atom. The lowest BCUT2D eigenvalue weighted by Gasteiger charge is -2.10. The molecule has 120 valence electrons. The second-order valence-electron chi connectivity index (χ2n) is 4.67. The van der Waals surface area contributed by atoms with Gasteiger partial charge in [-0.3, -0.25) is 9.69 Å². The lowest BCUT2D eigenvalue weighted by molar-refractivity contribution is -0.124. The molecule has 3 rings (SSSR count). The first-order valence-electron chi connectivity index (χ1n) is 6.86. The van der Waals surface area contributed by atoms with Crippen molar-refractivity contribution < 1.29 is 18.7 Å². The molecular weight excluding hydrogens is 320 g/mol. The van der Waals surface area contributed by atoms with E-state index in [9.17, 15) is 9.59 Å². The Morgan fingerprint density at radius 1 is 1.39 bits per heavy atom. The highest BCUT2D eigenvalue weighted by Gasteiger charge is 2.26. The van der Waals surface area contributed by atoms with E-state index >= 15 is 0 Å². The topological polar surface area (TPSA) is 97.6 Å². The number of nitrogens with zero attached hydrogens (tertiary/aromatic N) is 3. The molecule has 1 fully saturated rings. The Balaban J connectivity index is 1.60. The highest BCUT2D eigenvalue weighted by atomic mass is 32.2. The Hall–Kier alpha value is -2.55. The van der Waals surface area contributed by atoms with E-state index in [2.05, 4.69) is 15.5 Å². The fourth-order valence-corrected chi connectivity index (χ4v) is 2.67. The Kier molecular flexibility index (Phi) is 4.47. The van der Waals surface area contributed by atoms with Crippen molar-refractivity contribution in [3.63, 3.8) is 0 Å². The van der Waals surface area contributed by atoms with Gasteiger partial charge >= 0.3 is 6.03 Å². The lowest BCUT2D eigenvalue weighted by atomic mass is 10.2. The average Bonchev–Trinajstić information content (AvgIpc) is 3.22. The van der Waals surface area contributed by atoms with Crippen LogP contribution in [0.5, 0.6) is 5.75 Å². The number of thioether (sulfide) groups is 1. The van der Waals surface area contributed by atoms with Gasteiger partial charge in [0.25, 0.3) is 5.22 Å². The highest BCUT2D eigenvalue weighted by Crippen LogP contribution is 2.25. The summed E-state index contributed by atoms with van der Waals surface area (Å²) in [5.74, 6) is 0.880. The molecule has 1 aliphatic rings. The highest BCUT2D eigenvalue weighted by molar-refractivity contribution is 7.99. The monoisotopic (exact) mass is 334 g/mol. The van der Waals surface area contributed by atoms with E-state index in [1.807, 2.05) is 0 Å². The molecule has 0 atom stereocenters. The average molecular weight is 334 g/mol. The van der Waals surface area contributed by atoms with Crippen LogP contribution in [0.15, 0.2) is 33.9 Å². The molecule has 3 amide bonds. The van der Waals surface area contributed by atoms with Gasteiger partial charge in [0.1, 0.15) is 5.75 Å². The summed E-state index contributed by atoms with van der Waals surface area (Å²) in [5.41, 5.74) is 0.760. The van der Waals surface area contributed by atoms with Crippen LogP contribution >= 0.6 is 11.8 Å². The van der Waals surface area contributed by atoms with Crippen LogP contribution in [0.3, 0.4) is 0 Å². The number of aromatic nitrogens is 2. The predicted molar refractivity (Wildman–Crippen MR) is 82.1 cm³/mol. The third-order valence-corrected chi connectivity index (χ3v) is 4.02. The third kappa shape index (κ3) is 3.45. The normalized spacial score (nSPS) is 14.0. The van der Waals surface area contributed by atoms with Crippen molar-refractivity contribution in [2.75, 3.05) is 26.0 Å². The maximum absolute atomic E-state index is 11.9. The van der Waals surface area contributed by atoms with Gasteiger partial charge in [0.15, 0.2) is 0 Å². The molecule has 1 aliphatic heterocycles. The first kappa shape index (κ1) is 15.3. The number of ether oxygens (including phenoxy) is 1. The quantitative estimate of drug-likeness (QED) is 0.825. The molecule has 0 aliphatic carbocycles. The molecule has 1 N–H and O–H groups in total. The van der Waals surface area contributed by atoms with Crippen LogP contribution in [-0.2, 0) is 4.79 Å². The molecule has 0 saturated carbocycles. The lowest BCUT2D eigenvalue weighted by Crippen LogP contribution is -2.35. The van der Waals surface area contributed by atoms with Crippen molar-refractivity contribution in [1.82, 2.24) is 20.4 Å². The minimum absolute atomic E-state index is 0.0671. The van der Waals surface area contributed by atoms with E-state index in [1.165, 1.54) is 4.90 Å². The van der Waals surface area contributed by atoms with Crippen molar-refractivity contribution in [2.45, 2.75) is 5.22 Å². The largest absolute Gasteiger partial charge is 0.497 e. The number of carbonyl (C=O) groups is 2. The summed E-state index contributed by atoms with van der Waals surface area (Å²) in [6.07, 6.45) is 0. The molecular formula is C14H14N4O4S. The zero-order valence-electron chi connectivity index (χ0n) is 12.3. The zero-order valence-corrected chi connectivity index (χ0v) is 13.1. The van der Waals surface area contributed by atoms with Gasteiger partial charge in [-0.15, -0.1) is 10.2 Å². The van der Waals surface area contributed by atoms with Crippen LogP contribution in [-0.4, -0.2) is 53.0 Å². The van der Waals surface area contributed by atoms with Crippen LogP contribution in [0, 0.1) is 0 Å². The second kappa shape index (κ2) is 6.69. The smallest absolute Gasteiger partial charge is 0.324 e. The molecule has 0 spiro atoms. The summed E-state index contributed by atoms with van der Waals surface area (Å²) < 4.78 is 10.6. The summed E-state index contributed by atoms with van der Waals surface area (Å²) in [4.78, 5) is 24.5. The van der Waals surface area contributed by atoms with Gasteiger partial charge in [-0.05, 0) is 24.3 Å². The van der Waals surface area contributed by atoms with Crippen LogP contribution < -0.4 is 10.1 Å². The van der Waals surface area contributed by atoms with Crippen LogP contribution in [0.4, 0.5) is 4.79 Å². The standard InChI is InChI=1S/C14H14N4O4S/c1-21-10-4-2-9(3-5-10)12-16-17-14(22-12)23-8-11(19)18-7-6-15-13(18)20/h2-5H,6-8H2,1H3,(H,15,20). The molecule has 9 heteroatoms. The van der Waals surface area contributed by atoms with Gasteiger partial charge in [-0.25, -0.2) is 4.79 Å². The minimum atomic E-state index is -0.361. The van der Waals surface area contributed by atoms with Crippen molar-refractivity contribution in [1.29, 1.82) is 0 Å². The van der Waals surface area contributed by atoms with Gasteiger partial charge in [0, 0.05) is 18.7 Å². The maximum Gasteiger partial charge on any atom is 0.324 e. The summed E-state index contributed by atoms with van der Waals surface area (Å²) in [6, 6.07) is 6.84. The SMILES string of the molecule is COc1ccc(-c2nnc(SCC(=O)N3CCNC3=O)o2)cc1. The fourth-order valence-electron chi connectivity index (χ4n) is 2.03. The van der Waals surface area contributed by atoms with Crippen molar-refractivity contribution in [2.24, 2.45) is 0 Å². The second-order valence-corrected chi connectivity index (χ2v) is 5.59. The summed E-state index contributed by atoms with van der Waals surface area (Å²) in [5, 5.41) is 10.7. The molecule has 1 saturated heterocycles. The van der Waals surface area contributed by atoms with Crippen LogP contribution in [0.2, 0.25) is 0 Å². The van der Waals surface area contributed by atoms with E-state index < -0.39 is 0 Å². The predicted octanol–water partition coefficient (Wildman–Crippen LogP) is 1.39. The van der Waals surface area contributed by atoms with Crippen molar-refractivity contribution >= 4 is 23.7 Å². The zero-order chi connectivity index (χ0) is 16.2. The van der Waals surface area contributed by atoms with E-state index in [0.717, 1.165) is 23.1 Å². The number of urea groups is 1. The van der Waals surface area contributed by atoms with E-state index in [-0.39, 0.29) is 22.9 Å². The minimum Gasteiger partial charge on any atom is -0.497 e. The van der Waals surface area contributed by atoms with Gasteiger partial charge < -0.3 is 14.5 Å². The molecule has 1 aromatic carbocycles. The van der Waals surface area contributed by atoms with Crippen molar-refractivity contribution in [3.8, 4) is 17.2 Å². The molecule has 0 bridgehead atoms. The fraction of sp³-hybridized carbons (Fsp3) is 0.286. The Morgan fingerprint density at radius 2 is 2.17 bits per heavy atom. The van der Waals surface area contributed by atoms with Gasteiger partial charge in [-0.2, -0.15) is 0 Å². The maximum atomic E-state index is 11.9. The van der Waals surface area contributed by atoms with E-state index in [0.29, 0.717) is 19.0 Å². The number of benzene rings is 1. The number of hydrogen-bond acceptors (Lipinski definition) is 7. The number of rotatable bonds is 5. The number of imide groups is 1. The number of amides is 3. The number of nitrogens with one attached hydrogen (secondary N) is 1. The third-order valence-electron chi connectivity index (χ3n) is 3.22. The number of carbonyl (C=O) groups excluding carboxylic acids is 2. The molecule has 8 nitrogen and oxygen atoms in total. The van der Waals surface area contributed by atoms with Gasteiger partial charge in [-0.1, -0.05) is 11.8 Å². The summed E-state index contributed by atoms with van der Waals surface area (Å²) in [6.45, 7) is 0.872. The summed E-state index contributed by atoms with van der Waals surface area (Å²) in [7, 11) is 1.59. The molecule has 0 unspecified atom stereocenters. The molecule has 23 heavy (non-hydrogen) atoms. The molecule has 1 aromatic heterocycles.